The van der Waals surface area contributed by atoms with Crippen molar-refractivity contribution in [2.24, 2.45) is 5.41 Å². The molecule has 0 spiro atoms. The first kappa shape index (κ1) is 17.7. The summed E-state index contributed by atoms with van der Waals surface area (Å²) in [6.07, 6.45) is 16.3. The Hall–Kier alpha value is -1.34. The van der Waals surface area contributed by atoms with Crippen molar-refractivity contribution in [2.75, 3.05) is 6.61 Å². The molecular weight excluding hydrogens is 256 g/mol. The fourth-order valence-electron chi connectivity index (χ4n) is 2.84. The Morgan fingerprint density at radius 3 is 2.52 bits per heavy atom. The van der Waals surface area contributed by atoms with Gasteiger partial charge in [-0.2, -0.15) is 0 Å². The van der Waals surface area contributed by atoms with Crippen LogP contribution in [-0.2, 0) is 0 Å². The van der Waals surface area contributed by atoms with Crippen molar-refractivity contribution in [3.63, 3.8) is 0 Å². The van der Waals surface area contributed by atoms with Gasteiger partial charge >= 0.3 is 0 Å². The van der Waals surface area contributed by atoms with Crippen molar-refractivity contribution < 1.29 is 5.11 Å². The van der Waals surface area contributed by atoms with Gasteiger partial charge in [-0.05, 0) is 51.0 Å². The second kappa shape index (κ2) is 8.19. The van der Waals surface area contributed by atoms with E-state index in [4.69, 9.17) is 5.11 Å². The Balaban J connectivity index is 2.78. The summed E-state index contributed by atoms with van der Waals surface area (Å²) in [5.41, 5.74) is 5.66. The van der Waals surface area contributed by atoms with Crippen LogP contribution in [0, 0.1) is 5.41 Å². The monoisotopic (exact) mass is 286 g/mol. The molecule has 0 heterocycles. The molecule has 0 aromatic rings. The number of aliphatic hydroxyl groups is 1. The minimum Gasteiger partial charge on any atom is -0.392 e. The zero-order valence-electron chi connectivity index (χ0n) is 14.2. The van der Waals surface area contributed by atoms with E-state index in [1.807, 2.05) is 19.1 Å². The number of aliphatic hydroxyl groups excluding tert-OH is 1. The van der Waals surface area contributed by atoms with Crippen LogP contribution in [0.15, 0.2) is 58.7 Å². The van der Waals surface area contributed by atoms with Gasteiger partial charge in [0, 0.05) is 0 Å². The summed E-state index contributed by atoms with van der Waals surface area (Å²) in [7, 11) is 0. The second-order valence-electron chi connectivity index (χ2n) is 6.67. The maximum atomic E-state index is 8.81. The molecule has 1 rings (SSSR count). The van der Waals surface area contributed by atoms with E-state index < -0.39 is 0 Å². The SMILES string of the molecule is CC1=C(/C=C/C(C)=C/C=C\C(C)=C/CO)C(C)(C)CCC1. The molecule has 0 saturated carbocycles. The third kappa shape index (κ3) is 5.89. The summed E-state index contributed by atoms with van der Waals surface area (Å²) in [4.78, 5) is 0. The van der Waals surface area contributed by atoms with E-state index in [-0.39, 0.29) is 6.61 Å². The van der Waals surface area contributed by atoms with Crippen LogP contribution in [0.1, 0.15) is 53.9 Å². The van der Waals surface area contributed by atoms with Crippen LogP contribution in [0.2, 0.25) is 0 Å². The lowest BCUT2D eigenvalue weighted by Crippen LogP contribution is -2.19. The Bertz CT molecular complexity index is 496. The summed E-state index contributed by atoms with van der Waals surface area (Å²) in [6.45, 7) is 11.2. The van der Waals surface area contributed by atoms with E-state index in [0.717, 1.165) is 5.57 Å². The van der Waals surface area contributed by atoms with Crippen LogP contribution in [0.4, 0.5) is 0 Å². The second-order valence-corrected chi connectivity index (χ2v) is 6.67. The van der Waals surface area contributed by atoms with Crippen LogP contribution in [0.3, 0.4) is 0 Å². The lowest BCUT2D eigenvalue weighted by Gasteiger charge is -2.32. The van der Waals surface area contributed by atoms with Gasteiger partial charge in [-0.25, -0.2) is 0 Å². The standard InChI is InChI=1S/C20H30O/c1-16(8-6-9-17(2)13-15-21)11-12-19-18(3)10-7-14-20(19,4)5/h6,8-9,11-13,21H,7,10,14-15H2,1-5H3/b9-6-,12-11+,16-8+,17-13-. The molecule has 0 atom stereocenters. The molecule has 1 aliphatic rings. The number of allylic oxidation sites excluding steroid dienone is 9. The molecule has 0 unspecified atom stereocenters. The lowest BCUT2D eigenvalue weighted by atomic mass is 9.72. The summed E-state index contributed by atoms with van der Waals surface area (Å²) in [5.74, 6) is 0. The highest BCUT2D eigenvalue weighted by Crippen LogP contribution is 2.40. The third-order valence-corrected chi connectivity index (χ3v) is 4.19. The summed E-state index contributed by atoms with van der Waals surface area (Å²) in [6, 6.07) is 0. The van der Waals surface area contributed by atoms with Gasteiger partial charge in [0.2, 0.25) is 0 Å². The first-order chi connectivity index (χ1) is 9.86. The predicted molar refractivity (Wildman–Crippen MR) is 93.2 cm³/mol. The highest BCUT2D eigenvalue weighted by atomic mass is 16.2. The zero-order valence-corrected chi connectivity index (χ0v) is 14.2. The van der Waals surface area contributed by atoms with E-state index in [0.29, 0.717) is 5.41 Å². The molecule has 1 heteroatoms. The molecule has 0 aromatic heterocycles. The van der Waals surface area contributed by atoms with Gasteiger partial charge in [-0.1, -0.05) is 67.0 Å². The summed E-state index contributed by atoms with van der Waals surface area (Å²) >= 11 is 0. The first-order valence-electron chi connectivity index (χ1n) is 7.87. The molecule has 1 aliphatic carbocycles. The molecule has 116 valence electrons. The van der Waals surface area contributed by atoms with Gasteiger partial charge in [0.05, 0.1) is 6.61 Å². The number of hydrogen-bond donors (Lipinski definition) is 1. The molecular formula is C20H30O. The van der Waals surface area contributed by atoms with Crippen molar-refractivity contribution >= 4 is 0 Å². The zero-order chi connectivity index (χ0) is 15.9. The van der Waals surface area contributed by atoms with Gasteiger partial charge in [0.1, 0.15) is 0 Å². The van der Waals surface area contributed by atoms with Crippen molar-refractivity contribution in [1.82, 2.24) is 0 Å². The van der Waals surface area contributed by atoms with E-state index in [2.05, 4.69) is 45.9 Å². The smallest absolute Gasteiger partial charge is 0.0617 e. The van der Waals surface area contributed by atoms with E-state index in [1.54, 1.807) is 6.08 Å². The lowest BCUT2D eigenvalue weighted by molar-refractivity contribution is 0.342. The minimum absolute atomic E-state index is 0.0985. The Morgan fingerprint density at radius 2 is 1.90 bits per heavy atom. The fraction of sp³-hybridized carbons (Fsp3) is 0.500. The molecule has 1 nitrogen and oxygen atoms in total. The van der Waals surface area contributed by atoms with Gasteiger partial charge < -0.3 is 5.11 Å². The topological polar surface area (TPSA) is 20.2 Å². The minimum atomic E-state index is 0.0985. The molecule has 1 N–H and O–H groups in total. The molecule has 0 fully saturated rings. The fourth-order valence-corrected chi connectivity index (χ4v) is 2.84. The molecule has 0 bridgehead atoms. The quantitative estimate of drug-likeness (QED) is 0.661. The highest BCUT2D eigenvalue weighted by Gasteiger charge is 2.26. The van der Waals surface area contributed by atoms with Crippen LogP contribution in [0.5, 0.6) is 0 Å². The van der Waals surface area contributed by atoms with Crippen molar-refractivity contribution in [3.05, 3.63) is 58.7 Å². The molecule has 0 aliphatic heterocycles. The maximum absolute atomic E-state index is 8.81. The van der Waals surface area contributed by atoms with Crippen LogP contribution in [0.25, 0.3) is 0 Å². The Labute approximate surface area is 130 Å². The van der Waals surface area contributed by atoms with Crippen LogP contribution in [-0.4, -0.2) is 11.7 Å². The molecule has 0 aromatic carbocycles. The van der Waals surface area contributed by atoms with Crippen LogP contribution < -0.4 is 0 Å². The highest BCUT2D eigenvalue weighted by molar-refractivity contribution is 5.37. The van der Waals surface area contributed by atoms with Gasteiger partial charge in [-0.15, -0.1) is 0 Å². The normalized spacial score (nSPS) is 20.9. The molecule has 21 heavy (non-hydrogen) atoms. The van der Waals surface area contributed by atoms with Crippen LogP contribution >= 0.6 is 0 Å². The average molecular weight is 286 g/mol. The van der Waals surface area contributed by atoms with Crippen molar-refractivity contribution in [1.29, 1.82) is 0 Å². The molecule has 0 saturated heterocycles. The van der Waals surface area contributed by atoms with Gasteiger partial charge in [-0.3, -0.25) is 0 Å². The van der Waals surface area contributed by atoms with E-state index in [1.165, 1.54) is 36.0 Å². The Kier molecular flexibility index (Phi) is 6.91. The predicted octanol–water partition coefficient (Wildman–Crippen LogP) is 5.51. The third-order valence-electron chi connectivity index (χ3n) is 4.19. The number of hydrogen-bond acceptors (Lipinski definition) is 1. The Morgan fingerprint density at radius 1 is 1.19 bits per heavy atom. The van der Waals surface area contributed by atoms with E-state index in [9.17, 15) is 0 Å². The van der Waals surface area contributed by atoms with E-state index >= 15 is 0 Å². The van der Waals surface area contributed by atoms with Crippen molar-refractivity contribution in [3.8, 4) is 0 Å². The summed E-state index contributed by atoms with van der Waals surface area (Å²) in [5, 5.41) is 8.81. The first-order valence-corrected chi connectivity index (χ1v) is 7.87. The maximum Gasteiger partial charge on any atom is 0.0617 e. The number of rotatable bonds is 5. The average Bonchev–Trinajstić information content (AvgIpc) is 2.37. The summed E-state index contributed by atoms with van der Waals surface area (Å²) < 4.78 is 0. The van der Waals surface area contributed by atoms with Gasteiger partial charge in [0.15, 0.2) is 0 Å². The van der Waals surface area contributed by atoms with Gasteiger partial charge in [0.25, 0.3) is 0 Å². The largest absolute Gasteiger partial charge is 0.392 e. The van der Waals surface area contributed by atoms with Crippen molar-refractivity contribution in [2.45, 2.75) is 53.9 Å². The molecule has 0 amide bonds. The molecule has 0 radical (unpaired) electrons.